The van der Waals surface area contributed by atoms with E-state index in [1.807, 2.05) is 73.7 Å². The van der Waals surface area contributed by atoms with Gasteiger partial charge in [-0.25, -0.2) is 8.42 Å². The quantitative estimate of drug-likeness (QED) is 0.636. The molecule has 0 N–H and O–H groups in total. The van der Waals surface area contributed by atoms with Gasteiger partial charge in [-0.1, -0.05) is 54.1 Å². The van der Waals surface area contributed by atoms with Crippen molar-refractivity contribution in [1.82, 2.24) is 4.98 Å². The van der Waals surface area contributed by atoms with Crippen molar-refractivity contribution in [2.45, 2.75) is 19.9 Å². The van der Waals surface area contributed by atoms with Gasteiger partial charge < -0.3 is 0 Å². The van der Waals surface area contributed by atoms with Crippen molar-refractivity contribution in [3.63, 3.8) is 0 Å². The zero-order valence-corrected chi connectivity index (χ0v) is 15.6. The number of hydrogen-bond donors (Lipinski definition) is 0. The molecule has 0 aliphatic carbocycles. The molecule has 3 rings (SSSR count). The number of aryl methyl sites for hydroxylation is 2. The molecule has 0 atom stereocenters. The molecule has 5 heteroatoms. The monoisotopic (exact) mass is 366 g/mol. The number of nitrogens with zero attached hydrogens (tertiary/aromatic N) is 2. The van der Waals surface area contributed by atoms with E-state index in [4.69, 9.17) is 0 Å². The Balaban J connectivity index is 1.86. The van der Waals surface area contributed by atoms with Gasteiger partial charge in [-0.2, -0.15) is 0 Å². The molecule has 2 aromatic carbocycles. The lowest BCUT2D eigenvalue weighted by molar-refractivity contribution is 0.589. The summed E-state index contributed by atoms with van der Waals surface area (Å²) in [5, 5.41) is 0. The third-order valence-corrected chi connectivity index (χ3v) is 5.93. The van der Waals surface area contributed by atoms with E-state index < -0.39 is 10.0 Å². The maximum Gasteiger partial charge on any atom is 0.235 e. The normalized spacial score (nSPS) is 11.3. The van der Waals surface area contributed by atoms with Crippen molar-refractivity contribution in [2.24, 2.45) is 0 Å². The van der Waals surface area contributed by atoms with Crippen LogP contribution >= 0.6 is 0 Å². The van der Waals surface area contributed by atoms with Crippen LogP contribution in [-0.2, 0) is 23.0 Å². The van der Waals surface area contributed by atoms with Gasteiger partial charge in [-0.15, -0.1) is 0 Å². The summed E-state index contributed by atoms with van der Waals surface area (Å²) >= 11 is 0. The predicted molar refractivity (Wildman–Crippen MR) is 106 cm³/mol. The number of benzene rings is 2. The molecule has 0 radical (unpaired) electrons. The SMILES string of the molecule is Cc1ccc(N(Cc2cccnc2)S(=O)(=O)CCc2ccccc2)cc1. The maximum absolute atomic E-state index is 13.1. The van der Waals surface area contributed by atoms with Crippen LogP contribution in [0, 0.1) is 6.92 Å². The summed E-state index contributed by atoms with van der Waals surface area (Å²) in [6.45, 7) is 2.26. The van der Waals surface area contributed by atoms with E-state index in [0.29, 0.717) is 12.1 Å². The van der Waals surface area contributed by atoms with Crippen molar-refractivity contribution < 1.29 is 8.42 Å². The first kappa shape index (κ1) is 18.1. The molecule has 0 amide bonds. The second-order valence-electron chi connectivity index (χ2n) is 6.26. The Labute approximate surface area is 155 Å². The number of pyridine rings is 1. The highest BCUT2D eigenvalue weighted by Crippen LogP contribution is 2.22. The number of anilines is 1. The zero-order valence-electron chi connectivity index (χ0n) is 14.7. The predicted octanol–water partition coefficient (Wildman–Crippen LogP) is 3.97. The van der Waals surface area contributed by atoms with Gasteiger partial charge in [0.05, 0.1) is 18.0 Å². The fraction of sp³-hybridized carbons (Fsp3) is 0.190. The molecule has 0 unspecified atom stereocenters. The first-order chi connectivity index (χ1) is 12.5. The second kappa shape index (κ2) is 8.15. The van der Waals surface area contributed by atoms with Crippen LogP contribution in [-0.4, -0.2) is 19.2 Å². The van der Waals surface area contributed by atoms with Gasteiger partial charge >= 0.3 is 0 Å². The van der Waals surface area contributed by atoms with Gasteiger partial charge in [0.2, 0.25) is 10.0 Å². The topological polar surface area (TPSA) is 50.3 Å². The Kier molecular flexibility index (Phi) is 5.68. The summed E-state index contributed by atoms with van der Waals surface area (Å²) in [4.78, 5) is 4.10. The van der Waals surface area contributed by atoms with Crippen LogP contribution in [0.25, 0.3) is 0 Å². The van der Waals surface area contributed by atoms with E-state index in [1.165, 1.54) is 4.31 Å². The minimum absolute atomic E-state index is 0.0607. The highest BCUT2D eigenvalue weighted by Gasteiger charge is 2.23. The lowest BCUT2D eigenvalue weighted by Gasteiger charge is -2.25. The zero-order chi connectivity index (χ0) is 18.4. The van der Waals surface area contributed by atoms with E-state index in [9.17, 15) is 8.42 Å². The molecule has 4 nitrogen and oxygen atoms in total. The molecule has 134 valence electrons. The van der Waals surface area contributed by atoms with Gasteiger partial charge in [0, 0.05) is 12.4 Å². The molecule has 3 aromatic rings. The van der Waals surface area contributed by atoms with E-state index in [-0.39, 0.29) is 12.3 Å². The number of sulfonamides is 1. The minimum Gasteiger partial charge on any atom is -0.266 e. The average Bonchev–Trinajstić information content (AvgIpc) is 2.67. The van der Waals surface area contributed by atoms with Crippen molar-refractivity contribution >= 4 is 15.7 Å². The van der Waals surface area contributed by atoms with E-state index in [0.717, 1.165) is 16.7 Å². The summed E-state index contributed by atoms with van der Waals surface area (Å²) in [7, 11) is -3.48. The van der Waals surface area contributed by atoms with Gasteiger partial charge in [0.25, 0.3) is 0 Å². The van der Waals surface area contributed by atoms with E-state index in [1.54, 1.807) is 12.4 Å². The second-order valence-corrected chi connectivity index (χ2v) is 8.27. The molecule has 1 heterocycles. The van der Waals surface area contributed by atoms with Crippen LogP contribution in [0.1, 0.15) is 16.7 Å². The van der Waals surface area contributed by atoms with Crippen LogP contribution in [0.4, 0.5) is 5.69 Å². The average molecular weight is 366 g/mol. The molecular weight excluding hydrogens is 344 g/mol. The van der Waals surface area contributed by atoms with Crippen molar-refractivity contribution in [3.05, 3.63) is 95.8 Å². The molecule has 0 fully saturated rings. The fourth-order valence-corrected chi connectivity index (χ4v) is 4.22. The number of hydrogen-bond acceptors (Lipinski definition) is 3. The first-order valence-electron chi connectivity index (χ1n) is 8.54. The summed E-state index contributed by atoms with van der Waals surface area (Å²) in [5.74, 6) is 0.0607. The molecule has 0 aliphatic rings. The van der Waals surface area contributed by atoms with Crippen molar-refractivity contribution in [1.29, 1.82) is 0 Å². The van der Waals surface area contributed by atoms with Gasteiger partial charge in [-0.3, -0.25) is 9.29 Å². The molecule has 26 heavy (non-hydrogen) atoms. The van der Waals surface area contributed by atoms with Crippen LogP contribution in [0.3, 0.4) is 0 Å². The minimum atomic E-state index is -3.48. The van der Waals surface area contributed by atoms with Crippen LogP contribution in [0.5, 0.6) is 0 Å². The van der Waals surface area contributed by atoms with Gasteiger partial charge in [-0.05, 0) is 42.7 Å². The van der Waals surface area contributed by atoms with Crippen molar-refractivity contribution in [2.75, 3.05) is 10.1 Å². The fourth-order valence-electron chi connectivity index (χ4n) is 2.72. The Hall–Kier alpha value is -2.66. The molecule has 0 saturated carbocycles. The summed E-state index contributed by atoms with van der Waals surface area (Å²) in [5.41, 5.74) is 3.64. The number of aromatic nitrogens is 1. The van der Waals surface area contributed by atoms with Gasteiger partial charge in [0.15, 0.2) is 0 Å². The first-order valence-corrected chi connectivity index (χ1v) is 10.2. The van der Waals surface area contributed by atoms with Gasteiger partial charge in [0.1, 0.15) is 0 Å². The Morgan fingerprint density at radius 3 is 2.23 bits per heavy atom. The van der Waals surface area contributed by atoms with E-state index >= 15 is 0 Å². The Bertz CT molecular complexity index is 925. The number of rotatable bonds is 7. The molecule has 0 bridgehead atoms. The molecule has 0 spiro atoms. The van der Waals surface area contributed by atoms with E-state index in [2.05, 4.69) is 4.98 Å². The Morgan fingerprint density at radius 1 is 0.885 bits per heavy atom. The third kappa shape index (κ3) is 4.70. The lowest BCUT2D eigenvalue weighted by Crippen LogP contribution is -2.33. The third-order valence-electron chi connectivity index (χ3n) is 4.20. The Morgan fingerprint density at radius 2 is 1.58 bits per heavy atom. The molecule has 0 saturated heterocycles. The highest BCUT2D eigenvalue weighted by atomic mass is 32.2. The van der Waals surface area contributed by atoms with Crippen molar-refractivity contribution in [3.8, 4) is 0 Å². The standard InChI is InChI=1S/C21H22N2O2S/c1-18-9-11-21(12-10-18)23(17-20-8-5-14-22-16-20)26(24,25)15-13-19-6-3-2-4-7-19/h2-12,14,16H,13,15,17H2,1H3. The van der Waals surface area contributed by atoms with Crippen LogP contribution in [0.2, 0.25) is 0 Å². The lowest BCUT2D eigenvalue weighted by atomic mass is 10.2. The summed E-state index contributed by atoms with van der Waals surface area (Å²) in [6, 6.07) is 21.0. The summed E-state index contributed by atoms with van der Waals surface area (Å²) in [6.07, 6.45) is 3.87. The highest BCUT2D eigenvalue weighted by molar-refractivity contribution is 7.92. The smallest absolute Gasteiger partial charge is 0.235 e. The molecule has 0 aliphatic heterocycles. The maximum atomic E-state index is 13.1. The molecule has 1 aromatic heterocycles. The largest absolute Gasteiger partial charge is 0.266 e. The summed E-state index contributed by atoms with van der Waals surface area (Å²) < 4.78 is 27.7. The van der Waals surface area contributed by atoms with Crippen LogP contribution < -0.4 is 4.31 Å². The van der Waals surface area contributed by atoms with Crippen LogP contribution in [0.15, 0.2) is 79.1 Å². The molecular formula is C21H22N2O2S.